The molecule has 2 heteroatoms. The van der Waals surface area contributed by atoms with Crippen LogP contribution < -0.4 is 4.74 Å². The third-order valence-electron chi connectivity index (χ3n) is 4.81. The Hall–Kier alpha value is -2.32. The maximum atomic E-state index is 6.03. The van der Waals surface area contributed by atoms with Gasteiger partial charge in [0.25, 0.3) is 0 Å². The molecular formula is C23H26O2. The summed E-state index contributed by atoms with van der Waals surface area (Å²) in [6.07, 6.45) is 1.56. The Morgan fingerprint density at radius 1 is 0.880 bits per heavy atom. The summed E-state index contributed by atoms with van der Waals surface area (Å²) in [5, 5.41) is 2.49. The van der Waals surface area contributed by atoms with Crippen LogP contribution in [0, 0.1) is 0 Å². The molecule has 130 valence electrons. The lowest BCUT2D eigenvalue weighted by atomic mass is 9.99. The molecule has 0 amide bonds. The summed E-state index contributed by atoms with van der Waals surface area (Å²) < 4.78 is 11.6. The van der Waals surface area contributed by atoms with Crippen molar-refractivity contribution in [3.8, 4) is 5.75 Å². The molecule has 0 aliphatic rings. The highest BCUT2D eigenvalue weighted by molar-refractivity contribution is 5.82. The Bertz CT molecular complexity index is 808. The quantitative estimate of drug-likeness (QED) is 0.497. The Kier molecular flexibility index (Phi) is 5.72. The van der Waals surface area contributed by atoms with E-state index in [-0.39, 0.29) is 6.29 Å². The van der Waals surface area contributed by atoms with Gasteiger partial charge < -0.3 is 9.47 Å². The number of methoxy groups -OCH3 is 1. The number of fused-ring (bicyclic) bond motifs is 1. The van der Waals surface area contributed by atoms with Gasteiger partial charge in [0.1, 0.15) is 5.75 Å². The summed E-state index contributed by atoms with van der Waals surface area (Å²) >= 11 is 0. The van der Waals surface area contributed by atoms with Crippen molar-refractivity contribution >= 4 is 10.8 Å². The molecule has 3 aromatic rings. The van der Waals surface area contributed by atoms with E-state index >= 15 is 0 Å². The second-order valence-corrected chi connectivity index (χ2v) is 6.55. The van der Waals surface area contributed by atoms with Crippen LogP contribution >= 0.6 is 0 Å². The van der Waals surface area contributed by atoms with Crippen LogP contribution in [0.4, 0.5) is 0 Å². The number of hydrogen-bond donors (Lipinski definition) is 0. The molecule has 0 N–H and O–H groups in total. The third-order valence-corrected chi connectivity index (χ3v) is 4.81. The molecule has 0 saturated carbocycles. The average Bonchev–Trinajstić information content (AvgIpc) is 2.67. The molecule has 3 aromatic carbocycles. The number of benzene rings is 3. The molecule has 0 aliphatic heterocycles. The van der Waals surface area contributed by atoms with Gasteiger partial charge in [-0.15, -0.1) is 0 Å². The smallest absolute Gasteiger partial charge is 0.203 e. The van der Waals surface area contributed by atoms with Gasteiger partial charge in [0.05, 0.1) is 0 Å². The number of hydrogen-bond acceptors (Lipinski definition) is 2. The zero-order chi connectivity index (χ0) is 17.6. The van der Waals surface area contributed by atoms with Gasteiger partial charge >= 0.3 is 0 Å². The predicted octanol–water partition coefficient (Wildman–Crippen LogP) is 5.95. The summed E-state index contributed by atoms with van der Waals surface area (Å²) in [4.78, 5) is 0. The van der Waals surface area contributed by atoms with E-state index in [2.05, 4.69) is 68.4 Å². The summed E-state index contributed by atoms with van der Waals surface area (Å²) in [6, 6.07) is 23.2. The second kappa shape index (κ2) is 8.17. The van der Waals surface area contributed by atoms with Gasteiger partial charge in [0, 0.05) is 13.5 Å². The molecule has 0 spiro atoms. The SMILES string of the molecule is CCC(C)c1ccc(OC(Cc2ccc3ccccc3c2)OC)cc1. The highest BCUT2D eigenvalue weighted by Crippen LogP contribution is 2.23. The van der Waals surface area contributed by atoms with E-state index in [0.29, 0.717) is 12.3 Å². The van der Waals surface area contributed by atoms with E-state index in [1.54, 1.807) is 7.11 Å². The predicted molar refractivity (Wildman–Crippen MR) is 104 cm³/mol. The van der Waals surface area contributed by atoms with Crippen LogP contribution in [-0.2, 0) is 11.2 Å². The van der Waals surface area contributed by atoms with Gasteiger partial charge in [0.15, 0.2) is 0 Å². The minimum Gasteiger partial charge on any atom is -0.465 e. The Balaban J connectivity index is 1.69. The van der Waals surface area contributed by atoms with Crippen LogP contribution in [0.1, 0.15) is 37.3 Å². The monoisotopic (exact) mass is 334 g/mol. The van der Waals surface area contributed by atoms with Crippen molar-refractivity contribution in [1.82, 2.24) is 0 Å². The van der Waals surface area contributed by atoms with Crippen LogP contribution in [0.15, 0.2) is 66.7 Å². The van der Waals surface area contributed by atoms with Gasteiger partial charge in [-0.05, 0) is 46.4 Å². The number of ether oxygens (including phenoxy) is 2. The second-order valence-electron chi connectivity index (χ2n) is 6.55. The zero-order valence-electron chi connectivity index (χ0n) is 15.2. The van der Waals surface area contributed by atoms with Gasteiger partial charge in [-0.3, -0.25) is 0 Å². The third kappa shape index (κ3) is 4.40. The van der Waals surface area contributed by atoms with E-state index in [1.807, 2.05) is 12.1 Å². The van der Waals surface area contributed by atoms with Crippen molar-refractivity contribution in [2.75, 3.05) is 7.11 Å². The first-order valence-corrected chi connectivity index (χ1v) is 8.96. The summed E-state index contributed by atoms with van der Waals surface area (Å²) in [7, 11) is 1.69. The van der Waals surface area contributed by atoms with E-state index in [4.69, 9.17) is 9.47 Å². The van der Waals surface area contributed by atoms with Crippen molar-refractivity contribution < 1.29 is 9.47 Å². The summed E-state index contributed by atoms with van der Waals surface area (Å²) in [5.74, 6) is 1.42. The van der Waals surface area contributed by atoms with Crippen molar-refractivity contribution in [2.45, 2.75) is 38.9 Å². The maximum Gasteiger partial charge on any atom is 0.203 e. The minimum atomic E-state index is -0.296. The van der Waals surface area contributed by atoms with Crippen LogP contribution in [0.2, 0.25) is 0 Å². The Morgan fingerprint density at radius 3 is 2.28 bits per heavy atom. The largest absolute Gasteiger partial charge is 0.465 e. The molecular weight excluding hydrogens is 308 g/mol. The first kappa shape index (κ1) is 17.5. The van der Waals surface area contributed by atoms with E-state index < -0.39 is 0 Å². The first-order valence-electron chi connectivity index (χ1n) is 8.96. The van der Waals surface area contributed by atoms with Crippen LogP contribution in [0.25, 0.3) is 10.8 Å². The van der Waals surface area contributed by atoms with Crippen LogP contribution in [0.3, 0.4) is 0 Å². The fourth-order valence-corrected chi connectivity index (χ4v) is 2.99. The lowest BCUT2D eigenvalue weighted by Gasteiger charge is -2.18. The van der Waals surface area contributed by atoms with Crippen LogP contribution in [0.5, 0.6) is 5.75 Å². The van der Waals surface area contributed by atoms with Gasteiger partial charge in [-0.2, -0.15) is 0 Å². The van der Waals surface area contributed by atoms with Crippen molar-refractivity contribution in [1.29, 1.82) is 0 Å². The molecule has 2 atom stereocenters. The maximum absolute atomic E-state index is 6.03. The molecule has 0 aliphatic carbocycles. The lowest BCUT2D eigenvalue weighted by molar-refractivity contribution is -0.0519. The number of rotatable bonds is 7. The molecule has 2 unspecified atom stereocenters. The van der Waals surface area contributed by atoms with E-state index in [9.17, 15) is 0 Å². The fraction of sp³-hybridized carbons (Fsp3) is 0.304. The standard InChI is InChI=1S/C23H26O2/c1-4-17(2)19-11-13-22(14-12-19)25-23(24-3)16-18-9-10-20-7-5-6-8-21(20)15-18/h5-15,17,23H,4,16H2,1-3H3. The molecule has 0 heterocycles. The lowest BCUT2D eigenvalue weighted by Crippen LogP contribution is -2.21. The van der Waals surface area contributed by atoms with Gasteiger partial charge in [-0.1, -0.05) is 68.4 Å². The van der Waals surface area contributed by atoms with Crippen LogP contribution in [-0.4, -0.2) is 13.4 Å². The molecule has 0 saturated heterocycles. The molecule has 0 radical (unpaired) electrons. The minimum absolute atomic E-state index is 0.296. The molecule has 3 rings (SSSR count). The van der Waals surface area contributed by atoms with Gasteiger partial charge in [-0.25, -0.2) is 0 Å². The summed E-state index contributed by atoms with van der Waals surface area (Å²) in [5.41, 5.74) is 2.56. The molecule has 0 fully saturated rings. The molecule has 0 bridgehead atoms. The topological polar surface area (TPSA) is 18.5 Å². The average molecular weight is 334 g/mol. The summed E-state index contributed by atoms with van der Waals surface area (Å²) in [6.45, 7) is 4.45. The molecule has 0 aromatic heterocycles. The van der Waals surface area contributed by atoms with E-state index in [1.165, 1.54) is 21.9 Å². The zero-order valence-corrected chi connectivity index (χ0v) is 15.2. The first-order chi connectivity index (χ1) is 12.2. The Labute approximate surface area is 150 Å². The van der Waals surface area contributed by atoms with Crippen molar-refractivity contribution in [2.24, 2.45) is 0 Å². The van der Waals surface area contributed by atoms with Gasteiger partial charge in [0.2, 0.25) is 6.29 Å². The normalized spacial score (nSPS) is 13.6. The van der Waals surface area contributed by atoms with Crippen molar-refractivity contribution in [3.05, 3.63) is 77.9 Å². The highest BCUT2D eigenvalue weighted by atomic mass is 16.7. The van der Waals surface area contributed by atoms with E-state index in [0.717, 1.165) is 12.2 Å². The molecule has 2 nitrogen and oxygen atoms in total. The van der Waals surface area contributed by atoms with Crippen molar-refractivity contribution in [3.63, 3.8) is 0 Å². The Morgan fingerprint density at radius 2 is 1.60 bits per heavy atom. The fourth-order valence-electron chi connectivity index (χ4n) is 2.99. The highest BCUT2D eigenvalue weighted by Gasteiger charge is 2.11. The molecule has 25 heavy (non-hydrogen) atoms.